The second-order valence-electron chi connectivity index (χ2n) is 7.47. The minimum absolute atomic E-state index is 0.00328. The van der Waals surface area contributed by atoms with Crippen LogP contribution < -0.4 is 9.64 Å². The molecule has 162 valence electrons. The standard InChI is InChI=1S/C26H25N3O3/c1-20-27-25(32-28-20)16-17-26(30)29(23-10-6-3-7-11-23)18-21-12-14-24(15-13-21)31-19-22-8-4-2-5-9-22/h2-15H,16-19H2,1H3. The zero-order chi connectivity index (χ0) is 22.2. The molecule has 0 fully saturated rings. The monoisotopic (exact) mass is 427 g/mol. The Bertz CT molecular complexity index is 1130. The van der Waals surface area contributed by atoms with Gasteiger partial charge in [-0.15, -0.1) is 0 Å². The summed E-state index contributed by atoms with van der Waals surface area (Å²) < 4.78 is 11.0. The van der Waals surface area contributed by atoms with Crippen LogP contribution in [0.25, 0.3) is 0 Å². The molecule has 32 heavy (non-hydrogen) atoms. The third-order valence-corrected chi connectivity index (χ3v) is 5.00. The number of carbonyl (C=O) groups excluding carboxylic acids is 1. The lowest BCUT2D eigenvalue weighted by Crippen LogP contribution is -2.30. The van der Waals surface area contributed by atoms with Crippen molar-refractivity contribution in [1.82, 2.24) is 10.1 Å². The number of amides is 1. The van der Waals surface area contributed by atoms with Crippen LogP contribution in [0.2, 0.25) is 0 Å². The molecule has 0 atom stereocenters. The molecule has 6 nitrogen and oxygen atoms in total. The quantitative estimate of drug-likeness (QED) is 0.371. The van der Waals surface area contributed by atoms with Crippen molar-refractivity contribution >= 4 is 11.6 Å². The van der Waals surface area contributed by atoms with Gasteiger partial charge in [-0.25, -0.2) is 0 Å². The summed E-state index contributed by atoms with van der Waals surface area (Å²) in [5.74, 6) is 1.84. The average Bonchev–Trinajstić information content (AvgIpc) is 3.26. The van der Waals surface area contributed by atoms with Crippen molar-refractivity contribution in [2.24, 2.45) is 0 Å². The van der Waals surface area contributed by atoms with E-state index in [1.165, 1.54) is 0 Å². The molecule has 6 heteroatoms. The Labute approximate surface area is 187 Å². The molecule has 1 aromatic heterocycles. The fraction of sp³-hybridized carbons (Fsp3) is 0.192. The van der Waals surface area contributed by atoms with Gasteiger partial charge in [-0.2, -0.15) is 4.98 Å². The molecule has 0 radical (unpaired) electrons. The van der Waals surface area contributed by atoms with Crippen LogP contribution in [-0.2, 0) is 24.4 Å². The van der Waals surface area contributed by atoms with E-state index in [9.17, 15) is 4.79 Å². The SMILES string of the molecule is Cc1noc(CCC(=O)N(Cc2ccc(OCc3ccccc3)cc2)c2ccccc2)n1. The third-order valence-electron chi connectivity index (χ3n) is 5.00. The van der Waals surface area contributed by atoms with E-state index < -0.39 is 0 Å². The Morgan fingerprint density at radius 3 is 2.25 bits per heavy atom. The second kappa shape index (κ2) is 10.4. The van der Waals surface area contributed by atoms with Gasteiger partial charge in [0.15, 0.2) is 5.82 Å². The van der Waals surface area contributed by atoms with Crippen molar-refractivity contribution in [3.8, 4) is 5.75 Å². The highest BCUT2D eigenvalue weighted by molar-refractivity contribution is 5.93. The first kappa shape index (κ1) is 21.3. The summed E-state index contributed by atoms with van der Waals surface area (Å²) in [4.78, 5) is 19.0. The molecular formula is C26H25N3O3. The van der Waals surface area contributed by atoms with Gasteiger partial charge in [-0.05, 0) is 42.3 Å². The molecule has 4 rings (SSSR count). The van der Waals surface area contributed by atoms with E-state index in [0.717, 1.165) is 22.6 Å². The Morgan fingerprint density at radius 1 is 0.906 bits per heavy atom. The maximum Gasteiger partial charge on any atom is 0.227 e. The van der Waals surface area contributed by atoms with Crippen LogP contribution in [0.1, 0.15) is 29.3 Å². The van der Waals surface area contributed by atoms with E-state index in [4.69, 9.17) is 9.26 Å². The van der Waals surface area contributed by atoms with Gasteiger partial charge < -0.3 is 14.2 Å². The van der Waals surface area contributed by atoms with Gasteiger partial charge in [0.05, 0.1) is 6.54 Å². The molecule has 3 aromatic carbocycles. The lowest BCUT2D eigenvalue weighted by molar-refractivity contribution is -0.118. The summed E-state index contributed by atoms with van der Waals surface area (Å²) in [6, 6.07) is 27.6. The predicted octanol–water partition coefficient (Wildman–Crippen LogP) is 5.12. The fourth-order valence-electron chi connectivity index (χ4n) is 3.34. The first-order valence-electron chi connectivity index (χ1n) is 10.6. The summed E-state index contributed by atoms with van der Waals surface area (Å²) >= 11 is 0. The minimum atomic E-state index is -0.00328. The molecule has 1 heterocycles. The molecule has 0 aliphatic rings. The first-order chi connectivity index (χ1) is 15.7. The highest BCUT2D eigenvalue weighted by Gasteiger charge is 2.17. The number of hydrogen-bond donors (Lipinski definition) is 0. The number of aromatic nitrogens is 2. The molecule has 1 amide bonds. The normalized spacial score (nSPS) is 10.7. The minimum Gasteiger partial charge on any atom is -0.489 e. The zero-order valence-corrected chi connectivity index (χ0v) is 18.0. The molecule has 0 aliphatic carbocycles. The van der Waals surface area contributed by atoms with Crippen molar-refractivity contribution in [2.75, 3.05) is 4.90 Å². The van der Waals surface area contributed by atoms with E-state index in [-0.39, 0.29) is 12.3 Å². The molecule has 0 N–H and O–H groups in total. The summed E-state index contributed by atoms with van der Waals surface area (Å²) in [6.07, 6.45) is 0.698. The van der Waals surface area contributed by atoms with Crippen molar-refractivity contribution in [1.29, 1.82) is 0 Å². The summed E-state index contributed by atoms with van der Waals surface area (Å²) in [5.41, 5.74) is 2.99. The van der Waals surface area contributed by atoms with E-state index in [1.807, 2.05) is 84.9 Å². The van der Waals surface area contributed by atoms with Crippen LogP contribution in [0.15, 0.2) is 89.5 Å². The predicted molar refractivity (Wildman–Crippen MR) is 122 cm³/mol. The number of benzene rings is 3. The van der Waals surface area contributed by atoms with Crippen molar-refractivity contribution in [2.45, 2.75) is 32.9 Å². The van der Waals surface area contributed by atoms with Crippen LogP contribution in [0, 0.1) is 6.92 Å². The van der Waals surface area contributed by atoms with Crippen molar-refractivity contribution < 1.29 is 14.1 Å². The molecule has 0 saturated carbocycles. The van der Waals surface area contributed by atoms with Gasteiger partial charge in [-0.1, -0.05) is 65.8 Å². The molecule has 0 bridgehead atoms. The highest BCUT2D eigenvalue weighted by Crippen LogP contribution is 2.21. The van der Waals surface area contributed by atoms with Gasteiger partial charge in [0.1, 0.15) is 12.4 Å². The number of hydrogen-bond acceptors (Lipinski definition) is 5. The first-order valence-corrected chi connectivity index (χ1v) is 10.6. The number of anilines is 1. The Morgan fingerprint density at radius 2 is 1.59 bits per heavy atom. The average molecular weight is 428 g/mol. The van der Waals surface area contributed by atoms with Crippen molar-refractivity contribution in [3.05, 3.63) is 108 Å². The summed E-state index contributed by atoms with van der Waals surface area (Å²) in [6.45, 7) is 2.74. The maximum atomic E-state index is 13.1. The maximum absolute atomic E-state index is 13.1. The summed E-state index contributed by atoms with van der Waals surface area (Å²) in [7, 11) is 0. The molecule has 0 saturated heterocycles. The number of rotatable bonds is 9. The molecule has 0 unspecified atom stereocenters. The van der Waals surface area contributed by atoms with E-state index in [0.29, 0.717) is 31.3 Å². The molecule has 0 aliphatic heterocycles. The van der Waals surface area contributed by atoms with E-state index >= 15 is 0 Å². The molecule has 0 spiro atoms. The van der Waals surface area contributed by atoms with Crippen LogP contribution in [0.4, 0.5) is 5.69 Å². The highest BCUT2D eigenvalue weighted by atomic mass is 16.5. The van der Waals surface area contributed by atoms with Gasteiger partial charge in [0.2, 0.25) is 11.8 Å². The topological polar surface area (TPSA) is 68.5 Å². The fourth-order valence-corrected chi connectivity index (χ4v) is 3.34. The Kier molecular flexibility index (Phi) is 6.92. The lowest BCUT2D eigenvalue weighted by atomic mass is 10.1. The summed E-state index contributed by atoms with van der Waals surface area (Å²) in [5, 5.41) is 3.79. The smallest absolute Gasteiger partial charge is 0.227 e. The number of carbonyl (C=O) groups is 1. The van der Waals surface area contributed by atoms with Crippen LogP contribution in [0.3, 0.4) is 0 Å². The number of ether oxygens (including phenoxy) is 1. The van der Waals surface area contributed by atoms with Crippen LogP contribution in [0.5, 0.6) is 5.75 Å². The Balaban J connectivity index is 1.41. The second-order valence-corrected chi connectivity index (χ2v) is 7.47. The van der Waals surface area contributed by atoms with Gasteiger partial charge >= 0.3 is 0 Å². The number of para-hydroxylation sites is 1. The third kappa shape index (κ3) is 5.82. The van der Waals surface area contributed by atoms with Gasteiger partial charge in [0.25, 0.3) is 0 Å². The van der Waals surface area contributed by atoms with Gasteiger partial charge in [-0.3, -0.25) is 4.79 Å². The van der Waals surface area contributed by atoms with Crippen molar-refractivity contribution in [3.63, 3.8) is 0 Å². The Hall–Kier alpha value is -3.93. The zero-order valence-electron chi connectivity index (χ0n) is 18.0. The van der Waals surface area contributed by atoms with E-state index in [1.54, 1.807) is 11.8 Å². The largest absolute Gasteiger partial charge is 0.489 e. The molecular weight excluding hydrogens is 402 g/mol. The molecule has 4 aromatic rings. The lowest BCUT2D eigenvalue weighted by Gasteiger charge is -2.23. The number of nitrogens with zero attached hydrogens (tertiary/aromatic N) is 3. The number of aryl methyl sites for hydroxylation is 2. The van der Waals surface area contributed by atoms with Gasteiger partial charge in [0, 0.05) is 18.5 Å². The van der Waals surface area contributed by atoms with Crippen LogP contribution >= 0.6 is 0 Å². The van der Waals surface area contributed by atoms with E-state index in [2.05, 4.69) is 10.1 Å². The van der Waals surface area contributed by atoms with Crippen LogP contribution in [-0.4, -0.2) is 16.0 Å².